The van der Waals surface area contributed by atoms with Crippen molar-refractivity contribution in [1.29, 1.82) is 0 Å². The number of rotatable bonds is 8. The van der Waals surface area contributed by atoms with Crippen LogP contribution >= 0.6 is 0 Å². The second-order valence-corrected chi connectivity index (χ2v) is 10.9. The van der Waals surface area contributed by atoms with Gasteiger partial charge in [0.15, 0.2) is 0 Å². The van der Waals surface area contributed by atoms with Gasteiger partial charge in [-0.25, -0.2) is 13.4 Å². The largest absolute Gasteiger partial charge is 0.356 e. The first-order valence-corrected chi connectivity index (χ1v) is 12.9. The molecule has 0 bridgehead atoms. The van der Waals surface area contributed by atoms with Crippen LogP contribution in [0.15, 0.2) is 47.9 Å². The first-order chi connectivity index (χ1) is 15.8. The van der Waals surface area contributed by atoms with Crippen molar-refractivity contribution >= 4 is 27.5 Å². The van der Waals surface area contributed by atoms with Crippen molar-refractivity contribution in [3.63, 3.8) is 0 Å². The van der Waals surface area contributed by atoms with E-state index in [9.17, 15) is 18.0 Å². The summed E-state index contributed by atoms with van der Waals surface area (Å²) in [7, 11) is -3.53. The maximum atomic E-state index is 12.9. The van der Waals surface area contributed by atoms with E-state index in [-0.39, 0.29) is 23.1 Å². The summed E-state index contributed by atoms with van der Waals surface area (Å²) in [6, 6.07) is 6.42. The number of piperidine rings is 1. The molecule has 2 aliphatic heterocycles. The van der Waals surface area contributed by atoms with Crippen molar-refractivity contribution < 1.29 is 18.0 Å². The number of carbonyl (C=O) groups is 2. The number of nitrogens with one attached hydrogen (secondary N) is 1. The van der Waals surface area contributed by atoms with E-state index in [1.165, 1.54) is 4.31 Å². The summed E-state index contributed by atoms with van der Waals surface area (Å²) in [5.74, 6) is -0.129. The quantitative estimate of drug-likeness (QED) is 0.590. The lowest BCUT2D eigenvalue weighted by Gasteiger charge is -2.29. The highest BCUT2D eigenvalue weighted by Gasteiger charge is 2.35. The zero-order valence-electron chi connectivity index (χ0n) is 18.9. The molecule has 4 rings (SSSR count). The number of anilines is 1. The van der Waals surface area contributed by atoms with Gasteiger partial charge in [0.25, 0.3) is 0 Å². The van der Waals surface area contributed by atoms with Crippen LogP contribution in [0, 0.1) is 11.8 Å². The Hall–Kier alpha value is -2.72. The molecule has 1 unspecified atom stereocenters. The lowest BCUT2D eigenvalue weighted by molar-refractivity contribution is -0.126. The van der Waals surface area contributed by atoms with Crippen molar-refractivity contribution in [2.24, 2.45) is 11.8 Å². The number of carbonyl (C=O) groups excluding carboxylic acids is 2. The minimum absolute atomic E-state index is 0.130. The molecule has 2 amide bonds. The second kappa shape index (κ2) is 10.0. The standard InChI is InChI=1S/C23H31N5O4S/c1-18-7-12-27(13-8-18)33(31,32)21-5-3-20(4-6-21)28-16-19(15-22(28)29)23(30)25-9-2-11-26-14-10-24-17-26/h3-6,10,14,17-19H,2,7-9,11-13,15-16H2,1H3,(H,25,30). The van der Waals surface area contributed by atoms with E-state index in [2.05, 4.69) is 17.2 Å². The van der Waals surface area contributed by atoms with Crippen molar-refractivity contribution in [1.82, 2.24) is 19.2 Å². The zero-order valence-corrected chi connectivity index (χ0v) is 19.7. The molecule has 1 N–H and O–H groups in total. The molecule has 0 radical (unpaired) electrons. The molecule has 33 heavy (non-hydrogen) atoms. The third kappa shape index (κ3) is 5.44. The fourth-order valence-electron chi connectivity index (χ4n) is 4.34. The van der Waals surface area contributed by atoms with Gasteiger partial charge in [0.1, 0.15) is 0 Å². The molecule has 0 aliphatic carbocycles. The molecule has 9 nitrogen and oxygen atoms in total. The summed E-state index contributed by atoms with van der Waals surface area (Å²) in [6.07, 6.45) is 7.99. The monoisotopic (exact) mass is 473 g/mol. The van der Waals surface area contributed by atoms with Crippen LogP contribution in [0.25, 0.3) is 0 Å². The SMILES string of the molecule is CC1CCN(S(=O)(=O)c2ccc(N3CC(C(=O)NCCCn4ccnc4)CC3=O)cc2)CC1. The van der Waals surface area contributed by atoms with Crippen molar-refractivity contribution in [3.05, 3.63) is 43.0 Å². The van der Waals surface area contributed by atoms with Gasteiger partial charge in [0.2, 0.25) is 21.8 Å². The number of imidazole rings is 1. The van der Waals surface area contributed by atoms with E-state index >= 15 is 0 Å². The number of hydrogen-bond donors (Lipinski definition) is 1. The number of amides is 2. The lowest BCUT2D eigenvalue weighted by atomic mass is 10.0. The highest BCUT2D eigenvalue weighted by atomic mass is 32.2. The summed E-state index contributed by atoms with van der Waals surface area (Å²) in [5, 5.41) is 2.91. The van der Waals surface area contributed by atoms with Crippen LogP contribution in [0.5, 0.6) is 0 Å². The number of sulfonamides is 1. The Balaban J connectivity index is 1.31. The number of nitrogens with zero attached hydrogens (tertiary/aromatic N) is 4. The molecule has 2 saturated heterocycles. The lowest BCUT2D eigenvalue weighted by Crippen LogP contribution is -2.37. The van der Waals surface area contributed by atoms with Crippen molar-refractivity contribution in [3.8, 4) is 0 Å². The summed E-state index contributed by atoms with van der Waals surface area (Å²) in [6.45, 7) is 4.80. The predicted octanol–water partition coefficient (Wildman–Crippen LogP) is 1.86. The molecule has 2 fully saturated rings. The van der Waals surface area contributed by atoms with E-state index < -0.39 is 15.9 Å². The molecule has 1 aromatic carbocycles. The molecule has 178 valence electrons. The molecule has 10 heteroatoms. The highest BCUT2D eigenvalue weighted by molar-refractivity contribution is 7.89. The molecule has 0 spiro atoms. The summed E-state index contributed by atoms with van der Waals surface area (Å²) in [4.78, 5) is 30.8. The van der Waals surface area contributed by atoms with Gasteiger partial charge in [0, 0.05) is 57.2 Å². The van der Waals surface area contributed by atoms with Crippen LogP contribution in [0.3, 0.4) is 0 Å². The molecule has 1 atom stereocenters. The minimum Gasteiger partial charge on any atom is -0.356 e. The zero-order chi connectivity index (χ0) is 23.4. The fraction of sp³-hybridized carbons (Fsp3) is 0.522. The molecular weight excluding hydrogens is 442 g/mol. The van der Waals surface area contributed by atoms with Gasteiger partial charge in [-0.15, -0.1) is 0 Å². The highest BCUT2D eigenvalue weighted by Crippen LogP contribution is 2.28. The van der Waals surface area contributed by atoms with Gasteiger partial charge < -0.3 is 14.8 Å². The Morgan fingerprint density at radius 2 is 1.91 bits per heavy atom. The summed E-state index contributed by atoms with van der Waals surface area (Å²) >= 11 is 0. The molecular formula is C23H31N5O4S. The van der Waals surface area contributed by atoms with E-state index in [0.29, 0.717) is 37.8 Å². The van der Waals surface area contributed by atoms with Gasteiger partial charge >= 0.3 is 0 Å². The van der Waals surface area contributed by atoms with Gasteiger partial charge in [0.05, 0.1) is 17.1 Å². The first-order valence-electron chi connectivity index (χ1n) is 11.5. The van der Waals surface area contributed by atoms with Crippen LogP contribution in [-0.4, -0.2) is 60.3 Å². The summed E-state index contributed by atoms with van der Waals surface area (Å²) in [5.41, 5.74) is 0.613. The Labute approximate surface area is 194 Å². The normalized spacial score (nSPS) is 20.3. The van der Waals surface area contributed by atoms with Crippen LogP contribution in [0.2, 0.25) is 0 Å². The molecule has 1 aromatic heterocycles. The van der Waals surface area contributed by atoms with Crippen LogP contribution in [0.1, 0.15) is 32.6 Å². The third-order valence-corrected chi connectivity index (χ3v) is 8.39. The van der Waals surface area contributed by atoms with Gasteiger partial charge in [-0.1, -0.05) is 6.92 Å². The molecule has 2 aromatic rings. The molecule has 2 aliphatic rings. The summed E-state index contributed by atoms with van der Waals surface area (Å²) < 4.78 is 29.3. The smallest absolute Gasteiger partial charge is 0.243 e. The minimum atomic E-state index is -3.53. The topological polar surface area (TPSA) is 105 Å². The Morgan fingerprint density at radius 3 is 2.58 bits per heavy atom. The fourth-order valence-corrected chi connectivity index (χ4v) is 5.81. The Morgan fingerprint density at radius 1 is 1.18 bits per heavy atom. The number of benzene rings is 1. The van der Waals surface area contributed by atoms with Gasteiger partial charge in [-0.3, -0.25) is 9.59 Å². The predicted molar refractivity (Wildman–Crippen MR) is 124 cm³/mol. The van der Waals surface area contributed by atoms with Crippen molar-refractivity contribution in [2.75, 3.05) is 31.1 Å². The third-order valence-electron chi connectivity index (χ3n) is 6.48. The average molecular weight is 474 g/mol. The maximum Gasteiger partial charge on any atom is 0.243 e. The van der Waals surface area contributed by atoms with Crippen LogP contribution in [0.4, 0.5) is 5.69 Å². The van der Waals surface area contributed by atoms with Crippen molar-refractivity contribution in [2.45, 2.75) is 44.0 Å². The maximum absolute atomic E-state index is 12.9. The molecule has 3 heterocycles. The van der Waals surface area contributed by atoms with E-state index in [4.69, 9.17) is 0 Å². The van der Waals surface area contributed by atoms with E-state index in [0.717, 1.165) is 25.8 Å². The van der Waals surface area contributed by atoms with E-state index in [1.54, 1.807) is 41.7 Å². The Kier molecular flexibility index (Phi) is 7.14. The number of aryl methyl sites for hydroxylation is 1. The van der Waals surface area contributed by atoms with E-state index in [1.807, 2.05) is 10.8 Å². The molecule has 0 saturated carbocycles. The second-order valence-electron chi connectivity index (χ2n) is 8.93. The average Bonchev–Trinajstić information content (AvgIpc) is 3.47. The number of hydrogen-bond acceptors (Lipinski definition) is 5. The van der Waals surface area contributed by atoms with Gasteiger partial charge in [-0.2, -0.15) is 4.31 Å². The Bertz CT molecular complexity index is 1060. The van der Waals surface area contributed by atoms with Crippen LogP contribution in [-0.2, 0) is 26.2 Å². The number of aromatic nitrogens is 2. The first kappa shape index (κ1) is 23.4. The van der Waals surface area contributed by atoms with Gasteiger partial charge in [-0.05, 0) is 49.4 Å². The van der Waals surface area contributed by atoms with Crippen LogP contribution < -0.4 is 10.2 Å².